The molecule has 0 aliphatic heterocycles. The maximum atomic E-state index is 5.25. The number of aromatic nitrogens is 2. The van der Waals surface area contributed by atoms with Gasteiger partial charge in [0.1, 0.15) is 5.69 Å². The van der Waals surface area contributed by atoms with E-state index in [9.17, 15) is 0 Å². The second-order valence-electron chi connectivity index (χ2n) is 3.30. The normalized spacial score (nSPS) is 11.1. The van der Waals surface area contributed by atoms with Crippen LogP contribution in [0.2, 0.25) is 0 Å². The molecule has 0 unspecified atom stereocenters. The largest absolute Gasteiger partial charge is 0.480 e. The van der Waals surface area contributed by atoms with Crippen molar-refractivity contribution in [1.29, 1.82) is 0 Å². The monoisotopic (exact) mass is 225 g/mol. The third kappa shape index (κ3) is 1.98. The average molecular weight is 225 g/mol. The van der Waals surface area contributed by atoms with Crippen LogP contribution in [-0.2, 0) is 6.54 Å². The molecule has 0 aliphatic carbocycles. The van der Waals surface area contributed by atoms with Crippen LogP contribution in [0.5, 0.6) is 5.88 Å². The SMILES string of the molecule is CCCNCc1c(OC)nc2sccn12. The van der Waals surface area contributed by atoms with Crippen molar-refractivity contribution < 1.29 is 4.74 Å². The van der Waals surface area contributed by atoms with Crippen LogP contribution >= 0.6 is 11.3 Å². The molecule has 2 rings (SSSR count). The zero-order valence-corrected chi connectivity index (χ0v) is 9.80. The number of hydrogen-bond acceptors (Lipinski definition) is 4. The number of imidazole rings is 1. The van der Waals surface area contributed by atoms with Crippen LogP contribution in [-0.4, -0.2) is 23.0 Å². The minimum Gasteiger partial charge on any atom is -0.480 e. The van der Waals surface area contributed by atoms with E-state index in [0.717, 1.165) is 36.0 Å². The molecule has 0 spiro atoms. The predicted molar refractivity (Wildman–Crippen MR) is 61.6 cm³/mol. The third-order valence-corrected chi connectivity index (χ3v) is 2.99. The summed E-state index contributed by atoms with van der Waals surface area (Å²) in [6.45, 7) is 3.97. The summed E-state index contributed by atoms with van der Waals surface area (Å²) in [5, 5.41) is 5.39. The van der Waals surface area contributed by atoms with Gasteiger partial charge in [-0.05, 0) is 13.0 Å². The van der Waals surface area contributed by atoms with E-state index in [1.807, 2.05) is 11.6 Å². The molecule has 2 aromatic heterocycles. The number of ether oxygens (including phenoxy) is 1. The van der Waals surface area contributed by atoms with Gasteiger partial charge in [-0.25, -0.2) is 0 Å². The molecule has 0 radical (unpaired) electrons. The van der Waals surface area contributed by atoms with Gasteiger partial charge in [-0.3, -0.25) is 4.40 Å². The highest BCUT2D eigenvalue weighted by Crippen LogP contribution is 2.22. The maximum Gasteiger partial charge on any atom is 0.237 e. The van der Waals surface area contributed by atoms with Gasteiger partial charge in [0, 0.05) is 18.1 Å². The second kappa shape index (κ2) is 4.63. The lowest BCUT2D eigenvalue weighted by molar-refractivity contribution is 0.393. The number of thiazole rings is 1. The number of rotatable bonds is 5. The number of methoxy groups -OCH3 is 1. The molecule has 0 amide bonds. The van der Waals surface area contributed by atoms with Gasteiger partial charge in [0.25, 0.3) is 0 Å². The summed E-state index contributed by atoms with van der Waals surface area (Å²) in [6, 6.07) is 0. The van der Waals surface area contributed by atoms with Crippen molar-refractivity contribution in [2.24, 2.45) is 0 Å². The first kappa shape index (κ1) is 10.4. The third-order valence-electron chi connectivity index (χ3n) is 2.24. The van der Waals surface area contributed by atoms with Crippen LogP contribution in [0.3, 0.4) is 0 Å². The van der Waals surface area contributed by atoms with Crippen molar-refractivity contribution in [2.45, 2.75) is 19.9 Å². The number of nitrogens with one attached hydrogen (secondary N) is 1. The summed E-state index contributed by atoms with van der Waals surface area (Å²) in [6.07, 6.45) is 3.16. The Hall–Kier alpha value is -1.07. The molecule has 0 fully saturated rings. The lowest BCUT2D eigenvalue weighted by Crippen LogP contribution is -2.15. The molecule has 0 atom stereocenters. The van der Waals surface area contributed by atoms with Crippen LogP contribution in [0, 0.1) is 0 Å². The van der Waals surface area contributed by atoms with Gasteiger partial charge in [0.15, 0.2) is 4.96 Å². The molecular weight excluding hydrogens is 210 g/mol. The second-order valence-corrected chi connectivity index (χ2v) is 4.17. The fourth-order valence-corrected chi connectivity index (χ4v) is 2.25. The van der Waals surface area contributed by atoms with E-state index in [2.05, 4.69) is 21.6 Å². The van der Waals surface area contributed by atoms with Crippen molar-refractivity contribution in [1.82, 2.24) is 14.7 Å². The Labute approximate surface area is 92.9 Å². The lowest BCUT2D eigenvalue weighted by atomic mass is 10.4. The summed E-state index contributed by atoms with van der Waals surface area (Å²) in [7, 11) is 1.66. The van der Waals surface area contributed by atoms with E-state index in [-0.39, 0.29) is 0 Å². The van der Waals surface area contributed by atoms with Gasteiger partial charge in [-0.2, -0.15) is 4.98 Å². The van der Waals surface area contributed by atoms with Crippen molar-refractivity contribution in [2.75, 3.05) is 13.7 Å². The summed E-state index contributed by atoms with van der Waals surface area (Å²) in [4.78, 5) is 5.38. The van der Waals surface area contributed by atoms with E-state index in [0.29, 0.717) is 0 Å². The van der Waals surface area contributed by atoms with Crippen LogP contribution in [0.25, 0.3) is 4.96 Å². The highest BCUT2D eigenvalue weighted by Gasteiger charge is 2.12. The highest BCUT2D eigenvalue weighted by atomic mass is 32.1. The van der Waals surface area contributed by atoms with Gasteiger partial charge < -0.3 is 10.1 Å². The van der Waals surface area contributed by atoms with Crippen LogP contribution in [0.4, 0.5) is 0 Å². The van der Waals surface area contributed by atoms with E-state index in [1.54, 1.807) is 18.4 Å². The van der Waals surface area contributed by atoms with Crippen molar-refractivity contribution in [3.8, 4) is 5.88 Å². The van der Waals surface area contributed by atoms with Crippen molar-refractivity contribution >= 4 is 16.3 Å². The molecule has 0 aromatic carbocycles. The molecule has 0 bridgehead atoms. The Bertz CT molecular complexity index is 435. The van der Waals surface area contributed by atoms with Gasteiger partial charge in [0.2, 0.25) is 5.88 Å². The number of nitrogens with zero attached hydrogens (tertiary/aromatic N) is 2. The van der Waals surface area contributed by atoms with Gasteiger partial charge >= 0.3 is 0 Å². The molecule has 4 nitrogen and oxygen atoms in total. The molecular formula is C10H15N3OS. The van der Waals surface area contributed by atoms with Crippen molar-refractivity contribution in [3.05, 3.63) is 17.3 Å². The van der Waals surface area contributed by atoms with Gasteiger partial charge in [0.05, 0.1) is 7.11 Å². The Morgan fingerprint density at radius 1 is 1.60 bits per heavy atom. The lowest BCUT2D eigenvalue weighted by Gasteiger charge is -2.03. The molecule has 5 heteroatoms. The minimum absolute atomic E-state index is 0.727. The zero-order valence-electron chi connectivity index (χ0n) is 8.99. The first-order chi connectivity index (χ1) is 7.36. The fraction of sp³-hybridized carbons (Fsp3) is 0.500. The van der Waals surface area contributed by atoms with Crippen LogP contribution in [0.1, 0.15) is 19.0 Å². The first-order valence-electron chi connectivity index (χ1n) is 5.06. The minimum atomic E-state index is 0.727. The summed E-state index contributed by atoms with van der Waals surface area (Å²) < 4.78 is 7.33. The van der Waals surface area contributed by atoms with Crippen LogP contribution in [0.15, 0.2) is 11.6 Å². The number of hydrogen-bond donors (Lipinski definition) is 1. The molecule has 2 heterocycles. The predicted octanol–water partition coefficient (Wildman–Crippen LogP) is 1.90. The Kier molecular flexibility index (Phi) is 3.23. The summed E-state index contributed by atoms with van der Waals surface area (Å²) >= 11 is 1.62. The fourth-order valence-electron chi connectivity index (χ4n) is 1.52. The van der Waals surface area contributed by atoms with Gasteiger partial charge in [-0.1, -0.05) is 6.92 Å². The van der Waals surface area contributed by atoms with E-state index in [4.69, 9.17) is 4.74 Å². The molecule has 0 saturated heterocycles. The zero-order chi connectivity index (χ0) is 10.7. The van der Waals surface area contributed by atoms with Crippen LogP contribution < -0.4 is 10.1 Å². The molecule has 1 N–H and O–H groups in total. The summed E-state index contributed by atoms with van der Waals surface area (Å²) in [5.74, 6) is 0.727. The Morgan fingerprint density at radius 2 is 2.47 bits per heavy atom. The van der Waals surface area contributed by atoms with Gasteiger partial charge in [-0.15, -0.1) is 11.3 Å². The molecule has 0 saturated carbocycles. The standard InChI is InChI=1S/C10H15N3OS/c1-3-4-11-7-8-9(14-2)12-10-13(8)5-6-15-10/h5-6,11H,3-4,7H2,1-2H3. The summed E-state index contributed by atoms with van der Waals surface area (Å²) in [5.41, 5.74) is 1.10. The number of fused-ring (bicyclic) bond motifs is 1. The van der Waals surface area contributed by atoms with Crippen molar-refractivity contribution in [3.63, 3.8) is 0 Å². The van der Waals surface area contributed by atoms with E-state index in [1.165, 1.54) is 0 Å². The Balaban J connectivity index is 2.24. The molecule has 82 valence electrons. The first-order valence-corrected chi connectivity index (χ1v) is 5.94. The van der Waals surface area contributed by atoms with E-state index < -0.39 is 0 Å². The molecule has 15 heavy (non-hydrogen) atoms. The average Bonchev–Trinajstić information content (AvgIpc) is 2.79. The highest BCUT2D eigenvalue weighted by molar-refractivity contribution is 7.15. The quantitative estimate of drug-likeness (QED) is 0.790. The Morgan fingerprint density at radius 3 is 3.20 bits per heavy atom. The molecule has 0 aliphatic rings. The molecule has 2 aromatic rings. The van der Waals surface area contributed by atoms with E-state index >= 15 is 0 Å². The smallest absolute Gasteiger partial charge is 0.237 e. The maximum absolute atomic E-state index is 5.25. The topological polar surface area (TPSA) is 38.6 Å².